The zero-order valence-corrected chi connectivity index (χ0v) is 13.8. The molecule has 0 rings (SSSR count). The minimum atomic E-state index is -1.85. The van der Waals surface area contributed by atoms with Crippen molar-refractivity contribution in [2.45, 2.75) is 19.7 Å². The van der Waals surface area contributed by atoms with Gasteiger partial charge in [0, 0.05) is 5.57 Å². The van der Waals surface area contributed by atoms with Crippen LogP contribution in [0.15, 0.2) is 12.2 Å². The van der Waals surface area contributed by atoms with Gasteiger partial charge in [-0.2, -0.15) is 0 Å². The minimum Gasteiger partial charge on any atom is -0.460 e. The van der Waals surface area contributed by atoms with Gasteiger partial charge in [-0.3, -0.25) is 4.79 Å². The van der Waals surface area contributed by atoms with Crippen molar-refractivity contribution in [3.63, 3.8) is 0 Å². The Labute approximate surface area is 121 Å². The van der Waals surface area contributed by atoms with E-state index < -0.39 is 20.0 Å². The van der Waals surface area contributed by atoms with Crippen molar-refractivity contribution >= 4 is 19.6 Å². The Morgan fingerprint density at radius 3 is 2.30 bits per heavy atom. The second kappa shape index (κ2) is 8.47. The predicted molar refractivity (Wildman–Crippen MR) is 78.2 cm³/mol. The highest BCUT2D eigenvalue weighted by Crippen LogP contribution is 2.38. The maximum absolute atomic E-state index is 11.8. The summed E-state index contributed by atoms with van der Waals surface area (Å²) < 4.78 is 10.6. The van der Waals surface area contributed by atoms with Crippen LogP contribution in [0.1, 0.15) is 13.8 Å². The van der Waals surface area contributed by atoms with Gasteiger partial charge < -0.3 is 18.9 Å². The molecule has 0 spiro atoms. The molecule has 1 N–H and O–H groups in total. The van der Waals surface area contributed by atoms with Gasteiger partial charge in [0.2, 0.25) is 5.52 Å². The van der Waals surface area contributed by atoms with Gasteiger partial charge in [0.05, 0.1) is 27.7 Å². The zero-order chi connectivity index (χ0) is 15.9. The zero-order valence-electron chi connectivity index (χ0n) is 12.9. The van der Waals surface area contributed by atoms with E-state index in [1.807, 2.05) is 21.1 Å². The maximum Gasteiger partial charge on any atom is 0.333 e. The summed E-state index contributed by atoms with van der Waals surface area (Å²) in [6, 6.07) is 0. The van der Waals surface area contributed by atoms with Crippen molar-refractivity contribution in [2.24, 2.45) is 0 Å². The van der Waals surface area contributed by atoms with Crippen molar-refractivity contribution < 1.29 is 28.4 Å². The largest absolute Gasteiger partial charge is 0.460 e. The summed E-state index contributed by atoms with van der Waals surface area (Å²) in [5.74, 6) is -1.05. The van der Waals surface area contributed by atoms with Crippen LogP contribution < -0.4 is 0 Å². The first-order valence-electron chi connectivity index (χ1n) is 6.30. The third-order valence-corrected chi connectivity index (χ3v) is 3.72. The van der Waals surface area contributed by atoms with Crippen LogP contribution in [0.2, 0.25) is 0 Å². The van der Waals surface area contributed by atoms with Crippen LogP contribution in [0.25, 0.3) is 0 Å². The molecular formula is C13H25NO5P+. The number of carbonyl (C=O) groups is 2. The molecule has 2 unspecified atom stereocenters. The van der Waals surface area contributed by atoms with Gasteiger partial charge in [0.15, 0.2) is 0 Å². The number of quaternary nitrogens is 1. The first-order chi connectivity index (χ1) is 9.04. The highest BCUT2D eigenvalue weighted by Gasteiger charge is 2.27. The molecule has 0 aliphatic heterocycles. The second-order valence-corrected chi connectivity index (χ2v) is 7.49. The van der Waals surface area contributed by atoms with E-state index in [1.54, 1.807) is 13.8 Å². The van der Waals surface area contributed by atoms with Crippen molar-refractivity contribution in [1.29, 1.82) is 0 Å². The van der Waals surface area contributed by atoms with E-state index in [0.717, 1.165) is 0 Å². The monoisotopic (exact) mass is 306 g/mol. The molecule has 0 aromatic rings. The molecule has 20 heavy (non-hydrogen) atoms. The number of ether oxygens (including phenoxy) is 2. The Morgan fingerprint density at radius 2 is 1.85 bits per heavy atom. The van der Waals surface area contributed by atoms with E-state index in [0.29, 0.717) is 10.1 Å². The summed E-state index contributed by atoms with van der Waals surface area (Å²) >= 11 is 0. The normalized spacial score (nSPS) is 14.5. The highest BCUT2D eigenvalue weighted by molar-refractivity contribution is 7.70. The van der Waals surface area contributed by atoms with Crippen molar-refractivity contribution in [1.82, 2.24) is 0 Å². The molecule has 0 heterocycles. The van der Waals surface area contributed by atoms with Crippen LogP contribution in [0.5, 0.6) is 0 Å². The lowest BCUT2D eigenvalue weighted by molar-refractivity contribution is -0.861. The molecule has 116 valence electrons. The molecule has 0 aliphatic carbocycles. The standard InChI is InChI=1S/C13H25NO5P/c1-10(2)13(16)19-8-7-18-11(3)20(17)12(15)9-14(4,5)6/h11,17H,1,7-9H2,2-6H3/q+1. The molecule has 0 bridgehead atoms. The van der Waals surface area contributed by atoms with Gasteiger partial charge in [-0.15, -0.1) is 0 Å². The van der Waals surface area contributed by atoms with E-state index in [1.165, 1.54) is 0 Å². The van der Waals surface area contributed by atoms with Crippen molar-refractivity contribution in [3.8, 4) is 0 Å². The van der Waals surface area contributed by atoms with E-state index >= 15 is 0 Å². The van der Waals surface area contributed by atoms with E-state index in [2.05, 4.69) is 6.58 Å². The average molecular weight is 306 g/mol. The lowest BCUT2D eigenvalue weighted by Gasteiger charge is -2.25. The number of likely N-dealkylation sites (N-methyl/N-ethyl adjacent to an activating group) is 1. The lowest BCUT2D eigenvalue weighted by Crippen LogP contribution is -2.39. The summed E-state index contributed by atoms with van der Waals surface area (Å²) in [6.45, 7) is 7.11. The molecule has 0 aromatic carbocycles. The fourth-order valence-electron chi connectivity index (χ4n) is 1.23. The van der Waals surface area contributed by atoms with Crippen molar-refractivity contribution in [2.75, 3.05) is 40.9 Å². The number of hydrogen-bond acceptors (Lipinski definition) is 5. The fraction of sp³-hybridized carbons (Fsp3) is 0.692. The highest BCUT2D eigenvalue weighted by atomic mass is 31.1. The van der Waals surface area contributed by atoms with E-state index in [-0.39, 0.29) is 25.3 Å². The molecule has 2 atom stereocenters. The summed E-state index contributed by atoms with van der Waals surface area (Å²) in [7, 11) is 3.79. The van der Waals surface area contributed by atoms with Gasteiger partial charge in [-0.25, -0.2) is 4.79 Å². The Kier molecular flexibility index (Phi) is 8.13. The summed E-state index contributed by atoms with van der Waals surface area (Å²) in [5.41, 5.74) is 0.111. The molecule has 0 saturated heterocycles. The smallest absolute Gasteiger partial charge is 0.333 e. The SMILES string of the molecule is C=C(C)C(=O)OCCOC(C)P(O)C(=O)C[N+](C)(C)C. The molecule has 0 saturated carbocycles. The van der Waals surface area contributed by atoms with Crippen molar-refractivity contribution in [3.05, 3.63) is 12.2 Å². The first kappa shape index (κ1) is 19.2. The van der Waals surface area contributed by atoms with Gasteiger partial charge in [0.25, 0.3) is 0 Å². The third-order valence-electron chi connectivity index (χ3n) is 2.23. The maximum atomic E-state index is 11.8. The minimum absolute atomic E-state index is 0.0722. The average Bonchev–Trinajstić information content (AvgIpc) is 2.30. The number of esters is 1. The summed E-state index contributed by atoms with van der Waals surface area (Å²) in [6.07, 6.45) is 0. The van der Waals surface area contributed by atoms with E-state index in [9.17, 15) is 14.5 Å². The van der Waals surface area contributed by atoms with Gasteiger partial charge in [-0.1, -0.05) is 6.58 Å². The van der Waals surface area contributed by atoms with E-state index in [4.69, 9.17) is 9.47 Å². The Hall–Kier alpha value is -0.810. The predicted octanol–water partition coefficient (Wildman–Crippen LogP) is 1.09. The molecule has 0 aromatic heterocycles. The van der Waals surface area contributed by atoms with Crippen LogP contribution in [0.4, 0.5) is 0 Å². The molecule has 7 heteroatoms. The van der Waals surface area contributed by atoms with Crippen LogP contribution in [-0.4, -0.2) is 67.6 Å². The quantitative estimate of drug-likeness (QED) is 0.227. The van der Waals surface area contributed by atoms with Crippen LogP contribution in [0, 0.1) is 0 Å². The Balaban J connectivity index is 4.03. The molecular weight excluding hydrogens is 281 g/mol. The molecule has 0 radical (unpaired) electrons. The second-order valence-electron chi connectivity index (χ2n) is 5.57. The van der Waals surface area contributed by atoms with Crippen LogP contribution in [0.3, 0.4) is 0 Å². The first-order valence-corrected chi connectivity index (χ1v) is 7.66. The Morgan fingerprint density at radius 1 is 1.30 bits per heavy atom. The third kappa shape index (κ3) is 8.38. The van der Waals surface area contributed by atoms with Gasteiger partial charge in [-0.05, 0) is 13.8 Å². The lowest BCUT2D eigenvalue weighted by atomic mass is 10.4. The molecule has 0 fully saturated rings. The molecule has 0 amide bonds. The van der Waals surface area contributed by atoms with Crippen LogP contribution >= 0.6 is 8.15 Å². The number of hydrogen-bond donors (Lipinski definition) is 1. The van der Waals surface area contributed by atoms with Gasteiger partial charge in [0.1, 0.15) is 27.1 Å². The van der Waals surface area contributed by atoms with Gasteiger partial charge >= 0.3 is 5.97 Å². The Bertz CT molecular complexity index is 364. The summed E-state index contributed by atoms with van der Waals surface area (Å²) in [5, 5.41) is 0. The number of rotatable bonds is 9. The topological polar surface area (TPSA) is 72.8 Å². The summed E-state index contributed by atoms with van der Waals surface area (Å²) in [4.78, 5) is 32.8. The fourth-order valence-corrected chi connectivity index (χ4v) is 2.45. The number of carbonyl (C=O) groups excluding carboxylic acids is 2. The molecule has 6 nitrogen and oxygen atoms in total. The van der Waals surface area contributed by atoms with Crippen LogP contribution in [-0.2, 0) is 19.1 Å². The molecule has 0 aliphatic rings. The number of nitrogens with zero attached hydrogens (tertiary/aromatic N) is 1.